The van der Waals surface area contributed by atoms with Crippen molar-refractivity contribution >= 4 is 29.1 Å². The number of rotatable bonds is 7. The van der Waals surface area contributed by atoms with Crippen LogP contribution in [0, 0.1) is 13.8 Å². The van der Waals surface area contributed by atoms with Crippen molar-refractivity contribution in [2.75, 3.05) is 11.1 Å². The third kappa shape index (κ3) is 5.51. The maximum absolute atomic E-state index is 12.8. The van der Waals surface area contributed by atoms with Crippen LogP contribution in [-0.2, 0) is 11.3 Å². The van der Waals surface area contributed by atoms with Crippen molar-refractivity contribution < 1.29 is 22.8 Å². The Morgan fingerprint density at radius 2 is 1.94 bits per heavy atom. The highest BCUT2D eigenvalue weighted by Gasteiger charge is 2.30. The van der Waals surface area contributed by atoms with E-state index in [4.69, 9.17) is 0 Å². The maximum Gasteiger partial charge on any atom is 0.406 e. The second-order valence-electron chi connectivity index (χ2n) is 6.80. The molecule has 0 spiro atoms. The number of Topliss-reactive ketones (excluding diaryl/α,β-unsaturated/α-hetero) is 1. The number of amides is 1. The summed E-state index contributed by atoms with van der Waals surface area (Å²) in [4.78, 5) is 23.9. The minimum atomic E-state index is -4.38. The summed E-state index contributed by atoms with van der Waals surface area (Å²) in [5.41, 5.74) is 2.01. The Labute approximate surface area is 179 Å². The first-order valence-electron chi connectivity index (χ1n) is 9.11. The van der Waals surface area contributed by atoms with Crippen LogP contribution < -0.4 is 5.32 Å². The number of hydrogen-bond acceptors (Lipinski definition) is 6. The summed E-state index contributed by atoms with van der Waals surface area (Å²) in [6.45, 7) is 3.27. The topological polar surface area (TPSA) is 94.7 Å². The summed E-state index contributed by atoms with van der Waals surface area (Å²) < 4.78 is 40.9. The van der Waals surface area contributed by atoms with Gasteiger partial charge < -0.3 is 9.88 Å². The number of ketones is 1. The number of thioether (sulfide) groups is 1. The van der Waals surface area contributed by atoms with E-state index in [0.29, 0.717) is 22.2 Å². The molecule has 164 valence electrons. The second-order valence-corrected chi connectivity index (χ2v) is 7.75. The molecule has 1 aromatic carbocycles. The van der Waals surface area contributed by atoms with Gasteiger partial charge in [-0.2, -0.15) is 17.9 Å². The molecule has 1 amide bonds. The predicted octanol–water partition coefficient (Wildman–Crippen LogP) is 3.58. The first-order valence-corrected chi connectivity index (χ1v) is 10.1. The van der Waals surface area contributed by atoms with Gasteiger partial charge in [-0.05, 0) is 48.5 Å². The summed E-state index contributed by atoms with van der Waals surface area (Å²) in [7, 11) is 0. The molecule has 0 aliphatic heterocycles. The fourth-order valence-corrected chi connectivity index (χ4v) is 3.84. The summed E-state index contributed by atoms with van der Waals surface area (Å²) in [6, 6.07) is 8.30. The van der Waals surface area contributed by atoms with Crippen LogP contribution in [0.3, 0.4) is 0 Å². The molecule has 3 aromatic rings. The van der Waals surface area contributed by atoms with E-state index < -0.39 is 12.7 Å². The number of carbonyl (C=O) groups is 2. The van der Waals surface area contributed by atoms with E-state index in [9.17, 15) is 22.8 Å². The average molecular weight is 452 g/mol. The Bertz CT molecular complexity index is 1120. The molecule has 0 aliphatic carbocycles. The number of carbonyl (C=O) groups excluding carboxylic acids is 2. The molecule has 0 saturated heterocycles. The smallest absolute Gasteiger partial charge is 0.339 e. The van der Waals surface area contributed by atoms with Crippen molar-refractivity contribution in [3.05, 3.63) is 47.3 Å². The highest BCUT2D eigenvalue weighted by molar-refractivity contribution is 7.99. The van der Waals surface area contributed by atoms with E-state index in [1.54, 1.807) is 24.3 Å². The van der Waals surface area contributed by atoms with Gasteiger partial charge >= 0.3 is 6.18 Å². The number of halogens is 3. The van der Waals surface area contributed by atoms with Gasteiger partial charge in [0.1, 0.15) is 6.54 Å². The minimum Gasteiger partial charge on any atom is -0.339 e. The van der Waals surface area contributed by atoms with E-state index in [1.165, 1.54) is 31.5 Å². The molecule has 0 aliphatic rings. The van der Waals surface area contributed by atoms with Gasteiger partial charge in [-0.1, -0.05) is 17.8 Å². The molecule has 31 heavy (non-hydrogen) atoms. The number of aromatic nitrogens is 5. The van der Waals surface area contributed by atoms with Crippen LogP contribution in [-0.4, -0.2) is 48.4 Å². The number of nitrogens with zero attached hydrogens (tertiary/aromatic N) is 5. The lowest BCUT2D eigenvalue weighted by molar-refractivity contribution is -0.141. The molecular weight excluding hydrogens is 433 g/mol. The zero-order valence-electron chi connectivity index (χ0n) is 16.9. The van der Waals surface area contributed by atoms with Crippen molar-refractivity contribution in [2.45, 2.75) is 38.6 Å². The van der Waals surface area contributed by atoms with Gasteiger partial charge in [-0.25, -0.2) is 0 Å². The molecule has 1 N–H and O–H groups in total. The fourth-order valence-electron chi connectivity index (χ4n) is 3.06. The Hall–Kier alpha value is -3.15. The van der Waals surface area contributed by atoms with Gasteiger partial charge in [0.2, 0.25) is 11.1 Å². The summed E-state index contributed by atoms with van der Waals surface area (Å²) in [6.07, 6.45) is -4.38. The van der Waals surface area contributed by atoms with Crippen molar-refractivity contribution in [1.82, 2.24) is 24.8 Å². The quantitative estimate of drug-likeness (QED) is 0.435. The minimum absolute atomic E-state index is 0.0535. The highest BCUT2D eigenvalue weighted by Crippen LogP contribution is 2.26. The van der Waals surface area contributed by atoms with Crippen LogP contribution in [0.2, 0.25) is 0 Å². The van der Waals surface area contributed by atoms with Crippen LogP contribution >= 0.6 is 11.8 Å². The fraction of sp³-hybridized carbons (Fsp3) is 0.316. The number of tetrazole rings is 1. The summed E-state index contributed by atoms with van der Waals surface area (Å²) >= 11 is 1.07. The van der Waals surface area contributed by atoms with Crippen molar-refractivity contribution in [2.24, 2.45) is 0 Å². The van der Waals surface area contributed by atoms with Gasteiger partial charge in [0.15, 0.2) is 5.78 Å². The number of nitrogens with one attached hydrogen (secondary N) is 1. The van der Waals surface area contributed by atoms with Gasteiger partial charge in [-0.15, -0.1) is 5.10 Å². The lowest BCUT2D eigenvalue weighted by atomic mass is 10.2. The molecule has 0 atom stereocenters. The summed E-state index contributed by atoms with van der Waals surface area (Å²) in [5.74, 6) is -0.604. The van der Waals surface area contributed by atoms with E-state index in [0.717, 1.165) is 16.3 Å². The maximum atomic E-state index is 12.8. The Balaban J connectivity index is 1.75. The second kappa shape index (κ2) is 8.92. The van der Waals surface area contributed by atoms with Crippen LogP contribution in [0.5, 0.6) is 0 Å². The molecular formula is C19H19F3N6O2S. The first kappa shape index (κ1) is 22.5. The molecule has 3 rings (SSSR count). The normalized spacial score (nSPS) is 11.5. The van der Waals surface area contributed by atoms with E-state index in [1.807, 2.05) is 0 Å². The standard InChI is InChI=1S/C19H19F3N6O2S/c1-11-7-16(12(2)27(11)10-19(20,21)22)17(30)9-31-18-24-25-26-28(18)15-6-4-5-14(8-15)23-13(3)29/h4-8H,9-10H2,1-3H3,(H,23,29). The molecule has 12 heteroatoms. The van der Waals surface area contributed by atoms with Gasteiger partial charge in [0, 0.05) is 29.6 Å². The van der Waals surface area contributed by atoms with Crippen LogP contribution in [0.4, 0.5) is 18.9 Å². The largest absolute Gasteiger partial charge is 0.406 e. The van der Waals surface area contributed by atoms with E-state index in [2.05, 4.69) is 20.8 Å². The molecule has 0 fully saturated rings. The lowest BCUT2D eigenvalue weighted by Gasteiger charge is -2.12. The molecule has 2 heterocycles. The van der Waals surface area contributed by atoms with Crippen LogP contribution in [0.15, 0.2) is 35.5 Å². The first-order chi connectivity index (χ1) is 14.5. The molecule has 2 aromatic heterocycles. The number of aryl methyl sites for hydroxylation is 1. The van der Waals surface area contributed by atoms with Crippen LogP contribution in [0.25, 0.3) is 5.69 Å². The molecule has 0 radical (unpaired) electrons. The molecule has 0 saturated carbocycles. The monoisotopic (exact) mass is 452 g/mol. The third-order valence-electron chi connectivity index (χ3n) is 4.40. The Morgan fingerprint density at radius 1 is 1.19 bits per heavy atom. The van der Waals surface area contributed by atoms with Gasteiger partial charge in [0.25, 0.3) is 0 Å². The lowest BCUT2D eigenvalue weighted by Crippen LogP contribution is -2.19. The highest BCUT2D eigenvalue weighted by atomic mass is 32.2. The van der Waals surface area contributed by atoms with Crippen molar-refractivity contribution in [3.8, 4) is 5.69 Å². The van der Waals surface area contributed by atoms with Gasteiger partial charge in [-0.3, -0.25) is 9.59 Å². The number of alkyl halides is 3. The number of benzene rings is 1. The average Bonchev–Trinajstić information content (AvgIpc) is 3.25. The molecule has 0 unspecified atom stereocenters. The predicted molar refractivity (Wildman–Crippen MR) is 108 cm³/mol. The zero-order chi connectivity index (χ0) is 22.8. The number of anilines is 1. The zero-order valence-corrected chi connectivity index (χ0v) is 17.7. The Kier molecular flexibility index (Phi) is 6.48. The van der Waals surface area contributed by atoms with Crippen molar-refractivity contribution in [1.29, 1.82) is 0 Å². The molecule has 8 nitrogen and oxygen atoms in total. The molecule has 0 bridgehead atoms. The SMILES string of the molecule is CC(=O)Nc1cccc(-n2nnnc2SCC(=O)c2cc(C)n(CC(F)(F)F)c2C)c1. The third-order valence-corrected chi connectivity index (χ3v) is 5.32. The van der Waals surface area contributed by atoms with Crippen molar-refractivity contribution in [3.63, 3.8) is 0 Å². The van der Waals surface area contributed by atoms with Gasteiger partial charge in [0.05, 0.1) is 11.4 Å². The Morgan fingerprint density at radius 3 is 2.61 bits per heavy atom. The summed E-state index contributed by atoms with van der Waals surface area (Å²) in [5, 5.41) is 14.5. The van der Waals surface area contributed by atoms with E-state index >= 15 is 0 Å². The number of hydrogen-bond donors (Lipinski definition) is 1. The van der Waals surface area contributed by atoms with E-state index in [-0.39, 0.29) is 28.7 Å². The van der Waals surface area contributed by atoms with Crippen LogP contribution in [0.1, 0.15) is 28.7 Å².